The van der Waals surface area contributed by atoms with Crippen LogP contribution in [-0.4, -0.2) is 15.7 Å². The highest BCUT2D eigenvalue weighted by molar-refractivity contribution is 7.13. The van der Waals surface area contributed by atoms with Crippen LogP contribution in [0.2, 0.25) is 0 Å². The van der Waals surface area contributed by atoms with Gasteiger partial charge in [-0.25, -0.2) is 4.68 Å². The Morgan fingerprint density at radius 3 is 2.84 bits per heavy atom. The standard InChI is InChI=1S/C18H14N4O2S/c1-12(18(24)20-14-5-2-4-13(10-14)11-19)22-17(23)8-7-15(21-22)16-6-3-9-25-16/h2-10,12H,1H3,(H,20,24). The molecule has 25 heavy (non-hydrogen) atoms. The van der Waals surface area contributed by atoms with E-state index in [-0.39, 0.29) is 11.5 Å². The van der Waals surface area contributed by atoms with Gasteiger partial charge in [-0.15, -0.1) is 11.3 Å². The Balaban J connectivity index is 1.86. The molecule has 0 aliphatic carbocycles. The summed E-state index contributed by atoms with van der Waals surface area (Å²) in [4.78, 5) is 25.5. The van der Waals surface area contributed by atoms with Crippen LogP contribution in [0.15, 0.2) is 58.7 Å². The molecule has 124 valence electrons. The van der Waals surface area contributed by atoms with Crippen LogP contribution in [0.3, 0.4) is 0 Å². The molecular weight excluding hydrogens is 336 g/mol. The monoisotopic (exact) mass is 350 g/mol. The van der Waals surface area contributed by atoms with Crippen molar-refractivity contribution >= 4 is 22.9 Å². The molecule has 6 nitrogen and oxygen atoms in total. The fourth-order valence-corrected chi connectivity index (χ4v) is 2.97. The lowest BCUT2D eigenvalue weighted by Crippen LogP contribution is -2.33. The molecular formula is C18H14N4O2S. The third-order valence-electron chi connectivity index (χ3n) is 3.60. The van der Waals surface area contributed by atoms with E-state index in [9.17, 15) is 9.59 Å². The predicted octanol–water partition coefficient (Wildman–Crippen LogP) is 3.04. The lowest BCUT2D eigenvalue weighted by atomic mass is 10.2. The molecule has 7 heteroatoms. The molecule has 0 aliphatic heterocycles. The van der Waals surface area contributed by atoms with Crippen molar-refractivity contribution < 1.29 is 4.79 Å². The Bertz CT molecular complexity index is 1000. The predicted molar refractivity (Wildman–Crippen MR) is 96.3 cm³/mol. The van der Waals surface area contributed by atoms with Crippen LogP contribution in [0, 0.1) is 11.3 Å². The zero-order valence-corrected chi connectivity index (χ0v) is 14.2. The quantitative estimate of drug-likeness (QED) is 0.783. The van der Waals surface area contributed by atoms with Gasteiger partial charge in [0.1, 0.15) is 11.7 Å². The normalized spacial score (nSPS) is 11.5. The average Bonchev–Trinajstić information content (AvgIpc) is 3.16. The summed E-state index contributed by atoms with van der Waals surface area (Å²) in [5, 5.41) is 17.9. The Hall–Kier alpha value is -3.24. The van der Waals surface area contributed by atoms with E-state index in [1.807, 2.05) is 23.6 Å². The maximum Gasteiger partial charge on any atom is 0.267 e. The number of aromatic nitrogens is 2. The summed E-state index contributed by atoms with van der Waals surface area (Å²) in [6.07, 6.45) is 0. The highest BCUT2D eigenvalue weighted by Crippen LogP contribution is 2.22. The summed E-state index contributed by atoms with van der Waals surface area (Å²) in [5.74, 6) is -0.381. The van der Waals surface area contributed by atoms with Crippen molar-refractivity contribution in [2.75, 3.05) is 5.32 Å². The lowest BCUT2D eigenvalue weighted by molar-refractivity contribution is -0.119. The zero-order valence-electron chi connectivity index (χ0n) is 13.3. The van der Waals surface area contributed by atoms with Crippen LogP contribution in [0.4, 0.5) is 5.69 Å². The molecule has 3 rings (SSSR count). The van der Waals surface area contributed by atoms with E-state index < -0.39 is 6.04 Å². The van der Waals surface area contributed by atoms with Gasteiger partial charge in [0, 0.05) is 11.8 Å². The summed E-state index contributed by atoms with van der Waals surface area (Å²) in [5.41, 5.74) is 1.23. The van der Waals surface area contributed by atoms with E-state index in [4.69, 9.17) is 5.26 Å². The largest absolute Gasteiger partial charge is 0.324 e. The smallest absolute Gasteiger partial charge is 0.267 e. The average molecular weight is 350 g/mol. The van der Waals surface area contributed by atoms with Crippen molar-refractivity contribution in [1.29, 1.82) is 5.26 Å². The molecule has 0 aliphatic rings. The molecule has 1 unspecified atom stereocenters. The second kappa shape index (κ2) is 7.11. The number of nitrogens with one attached hydrogen (secondary N) is 1. The van der Waals surface area contributed by atoms with Crippen LogP contribution in [-0.2, 0) is 4.79 Å². The Morgan fingerprint density at radius 1 is 1.28 bits per heavy atom. The van der Waals surface area contributed by atoms with Gasteiger partial charge in [-0.3, -0.25) is 9.59 Å². The van der Waals surface area contributed by atoms with E-state index in [1.165, 1.54) is 22.1 Å². The maximum atomic E-state index is 12.5. The van der Waals surface area contributed by atoms with Gasteiger partial charge in [-0.05, 0) is 42.6 Å². The number of benzene rings is 1. The molecule has 0 radical (unpaired) electrons. The number of amides is 1. The van der Waals surface area contributed by atoms with Crippen molar-refractivity contribution in [2.45, 2.75) is 13.0 Å². The van der Waals surface area contributed by atoms with Crippen molar-refractivity contribution in [3.05, 3.63) is 69.8 Å². The molecule has 0 saturated heterocycles. The number of anilines is 1. The Labute approximate surface area is 148 Å². The Morgan fingerprint density at radius 2 is 2.12 bits per heavy atom. The number of nitrogens with zero attached hydrogens (tertiary/aromatic N) is 3. The zero-order chi connectivity index (χ0) is 17.8. The van der Waals surface area contributed by atoms with E-state index in [2.05, 4.69) is 10.4 Å². The maximum absolute atomic E-state index is 12.5. The first-order chi connectivity index (χ1) is 12.1. The molecule has 1 aromatic carbocycles. The number of thiophene rings is 1. The van der Waals surface area contributed by atoms with Gasteiger partial charge in [0.25, 0.3) is 5.56 Å². The van der Waals surface area contributed by atoms with Crippen molar-refractivity contribution in [3.8, 4) is 16.6 Å². The third kappa shape index (κ3) is 3.65. The van der Waals surface area contributed by atoms with Crippen molar-refractivity contribution in [3.63, 3.8) is 0 Å². The second-order valence-electron chi connectivity index (χ2n) is 5.34. The minimum atomic E-state index is -0.793. The number of carbonyl (C=O) groups is 1. The number of hydrogen-bond donors (Lipinski definition) is 1. The first-order valence-electron chi connectivity index (χ1n) is 7.53. The SMILES string of the molecule is CC(C(=O)Nc1cccc(C#N)c1)n1nc(-c2cccs2)ccc1=O. The van der Waals surface area contributed by atoms with Crippen LogP contribution in [0.5, 0.6) is 0 Å². The second-order valence-corrected chi connectivity index (χ2v) is 6.28. The molecule has 0 bridgehead atoms. The molecule has 0 spiro atoms. The number of hydrogen-bond acceptors (Lipinski definition) is 5. The van der Waals surface area contributed by atoms with Gasteiger partial charge >= 0.3 is 0 Å². The Kier molecular flexibility index (Phi) is 4.73. The minimum absolute atomic E-state index is 0.353. The highest BCUT2D eigenvalue weighted by Gasteiger charge is 2.18. The molecule has 0 saturated carbocycles. The van der Waals surface area contributed by atoms with Gasteiger partial charge < -0.3 is 5.32 Å². The van der Waals surface area contributed by atoms with Gasteiger partial charge in [-0.1, -0.05) is 12.1 Å². The van der Waals surface area contributed by atoms with Gasteiger partial charge in [0.15, 0.2) is 0 Å². The van der Waals surface area contributed by atoms with Crippen LogP contribution in [0.1, 0.15) is 18.5 Å². The summed E-state index contributed by atoms with van der Waals surface area (Å²) in [7, 11) is 0. The number of nitriles is 1. The van der Waals surface area contributed by atoms with Crippen LogP contribution >= 0.6 is 11.3 Å². The first-order valence-corrected chi connectivity index (χ1v) is 8.41. The number of carbonyl (C=O) groups excluding carboxylic acids is 1. The molecule has 2 heterocycles. The first kappa shape index (κ1) is 16.6. The summed E-state index contributed by atoms with van der Waals surface area (Å²) in [6, 6.07) is 14.7. The van der Waals surface area contributed by atoms with Gasteiger partial charge in [0.05, 0.1) is 16.5 Å². The van der Waals surface area contributed by atoms with E-state index >= 15 is 0 Å². The number of rotatable bonds is 4. The fourth-order valence-electron chi connectivity index (χ4n) is 2.28. The molecule has 0 fully saturated rings. The summed E-state index contributed by atoms with van der Waals surface area (Å²) >= 11 is 1.51. The lowest BCUT2D eigenvalue weighted by Gasteiger charge is -2.14. The van der Waals surface area contributed by atoms with E-state index in [0.717, 1.165) is 4.88 Å². The fraction of sp³-hybridized carbons (Fsp3) is 0.111. The van der Waals surface area contributed by atoms with E-state index in [0.29, 0.717) is 16.9 Å². The van der Waals surface area contributed by atoms with E-state index in [1.54, 1.807) is 37.3 Å². The molecule has 1 atom stereocenters. The van der Waals surface area contributed by atoms with Gasteiger partial charge in [-0.2, -0.15) is 10.4 Å². The molecule has 1 amide bonds. The van der Waals surface area contributed by atoms with Crippen LogP contribution < -0.4 is 10.9 Å². The van der Waals surface area contributed by atoms with Crippen molar-refractivity contribution in [1.82, 2.24) is 9.78 Å². The van der Waals surface area contributed by atoms with Crippen molar-refractivity contribution in [2.24, 2.45) is 0 Å². The minimum Gasteiger partial charge on any atom is -0.324 e. The topological polar surface area (TPSA) is 87.8 Å². The molecule has 1 N–H and O–H groups in total. The molecule has 3 aromatic rings. The summed E-state index contributed by atoms with van der Waals surface area (Å²) < 4.78 is 1.17. The summed E-state index contributed by atoms with van der Waals surface area (Å²) in [6.45, 7) is 1.61. The molecule has 2 aromatic heterocycles. The van der Waals surface area contributed by atoms with Gasteiger partial charge in [0.2, 0.25) is 5.91 Å². The van der Waals surface area contributed by atoms with Crippen LogP contribution in [0.25, 0.3) is 10.6 Å². The third-order valence-corrected chi connectivity index (χ3v) is 4.50. The highest BCUT2D eigenvalue weighted by atomic mass is 32.1.